The Hall–Kier alpha value is -2.18. The van der Waals surface area contributed by atoms with Gasteiger partial charge in [0, 0.05) is 36.8 Å². The van der Waals surface area contributed by atoms with Crippen LogP contribution in [-0.4, -0.2) is 49.3 Å². The number of rotatable bonds is 5. The second-order valence-electron chi connectivity index (χ2n) is 7.52. The number of nitrogens with zero attached hydrogens (tertiary/aromatic N) is 4. The molecule has 0 bridgehead atoms. The molecule has 0 spiro atoms. The van der Waals surface area contributed by atoms with E-state index in [1.54, 1.807) is 6.20 Å². The van der Waals surface area contributed by atoms with E-state index in [2.05, 4.69) is 20.4 Å². The van der Waals surface area contributed by atoms with Crippen LogP contribution in [0.1, 0.15) is 54.9 Å². The maximum absolute atomic E-state index is 12.6. The number of nitrogens with one attached hydrogen (secondary N) is 2. The van der Waals surface area contributed by atoms with Crippen LogP contribution < -0.4 is 0 Å². The van der Waals surface area contributed by atoms with Crippen LogP contribution in [0, 0.1) is 11.8 Å². The zero-order valence-electron chi connectivity index (χ0n) is 13.6. The monoisotopic (exact) mass is 326 g/mol. The standard InChI is InChI=1S/C17H22N6O/c24-15(7-12-5-6-18-20-12)23-8-13(10-1-2-10)14(9-23)17-19-16(21-22-17)11-3-4-11/h5-6,10-11,13-14H,1-4,7-9H2,(H,18,20)(H,19,21,22)/t13-,14-/m1/s1. The van der Waals surface area contributed by atoms with Gasteiger partial charge >= 0.3 is 0 Å². The first-order valence-corrected chi connectivity index (χ1v) is 8.96. The molecule has 1 aliphatic heterocycles. The summed E-state index contributed by atoms with van der Waals surface area (Å²) in [5, 5.41) is 14.4. The number of amides is 1. The molecule has 2 atom stereocenters. The van der Waals surface area contributed by atoms with Crippen LogP contribution in [0.3, 0.4) is 0 Å². The molecule has 2 aromatic rings. The summed E-state index contributed by atoms with van der Waals surface area (Å²) < 4.78 is 0. The van der Waals surface area contributed by atoms with Gasteiger partial charge in [-0.05, 0) is 43.6 Å². The van der Waals surface area contributed by atoms with E-state index in [4.69, 9.17) is 4.98 Å². The lowest BCUT2D eigenvalue weighted by Gasteiger charge is -2.15. The highest BCUT2D eigenvalue weighted by molar-refractivity contribution is 5.78. The lowest BCUT2D eigenvalue weighted by atomic mass is 9.91. The topological polar surface area (TPSA) is 90.6 Å². The van der Waals surface area contributed by atoms with Crippen LogP contribution in [0.5, 0.6) is 0 Å². The van der Waals surface area contributed by atoms with Crippen molar-refractivity contribution in [3.05, 3.63) is 29.6 Å². The quantitative estimate of drug-likeness (QED) is 0.873. The summed E-state index contributed by atoms with van der Waals surface area (Å²) in [4.78, 5) is 19.4. The predicted molar refractivity (Wildman–Crippen MR) is 86.2 cm³/mol. The van der Waals surface area contributed by atoms with E-state index in [9.17, 15) is 4.79 Å². The van der Waals surface area contributed by atoms with Gasteiger partial charge in [0.25, 0.3) is 0 Å². The van der Waals surface area contributed by atoms with Crippen molar-refractivity contribution in [1.82, 2.24) is 30.3 Å². The second-order valence-corrected chi connectivity index (χ2v) is 7.52. The summed E-state index contributed by atoms with van der Waals surface area (Å²) in [5.74, 6) is 4.28. The van der Waals surface area contributed by atoms with E-state index in [0.717, 1.165) is 36.4 Å². The minimum absolute atomic E-state index is 0.175. The first-order valence-electron chi connectivity index (χ1n) is 8.96. The van der Waals surface area contributed by atoms with Crippen molar-refractivity contribution < 1.29 is 4.79 Å². The van der Waals surface area contributed by atoms with Crippen molar-refractivity contribution in [2.45, 2.75) is 43.9 Å². The van der Waals surface area contributed by atoms with Crippen molar-refractivity contribution in [3.63, 3.8) is 0 Å². The van der Waals surface area contributed by atoms with E-state index < -0.39 is 0 Å². The summed E-state index contributed by atoms with van der Waals surface area (Å²) in [6, 6.07) is 1.86. The molecule has 7 nitrogen and oxygen atoms in total. The van der Waals surface area contributed by atoms with Gasteiger partial charge in [-0.15, -0.1) is 0 Å². The molecule has 1 amide bonds. The van der Waals surface area contributed by atoms with Gasteiger partial charge in [-0.1, -0.05) is 0 Å². The van der Waals surface area contributed by atoms with Crippen molar-refractivity contribution in [2.24, 2.45) is 11.8 Å². The molecule has 3 aliphatic rings. The van der Waals surface area contributed by atoms with Crippen molar-refractivity contribution >= 4 is 5.91 Å². The summed E-state index contributed by atoms with van der Waals surface area (Å²) in [6.07, 6.45) is 7.08. The predicted octanol–water partition coefficient (Wildman–Crippen LogP) is 1.60. The molecule has 1 saturated heterocycles. The van der Waals surface area contributed by atoms with E-state index in [1.165, 1.54) is 25.7 Å². The third-order valence-corrected chi connectivity index (χ3v) is 5.66. The minimum atomic E-state index is 0.175. The van der Waals surface area contributed by atoms with Crippen molar-refractivity contribution in [3.8, 4) is 0 Å². The average Bonchev–Trinajstić information content (AvgIpc) is 3.46. The molecule has 24 heavy (non-hydrogen) atoms. The Morgan fingerprint density at radius 2 is 2.08 bits per heavy atom. The fraction of sp³-hybridized carbons (Fsp3) is 0.647. The van der Waals surface area contributed by atoms with Crippen LogP contribution in [0.25, 0.3) is 0 Å². The third-order valence-electron chi connectivity index (χ3n) is 5.66. The van der Waals surface area contributed by atoms with E-state index in [1.807, 2.05) is 11.0 Å². The largest absolute Gasteiger partial charge is 0.341 e. The Bertz CT molecular complexity index is 730. The first-order chi connectivity index (χ1) is 11.8. The molecule has 7 heteroatoms. The zero-order chi connectivity index (χ0) is 16.1. The first kappa shape index (κ1) is 14.2. The SMILES string of the molecule is O=C(Cc1ccn[nH]1)N1C[C@H](C2CC2)[C@H](c2nc(C3CC3)n[nH]2)C1. The Morgan fingerprint density at radius 3 is 2.79 bits per heavy atom. The maximum Gasteiger partial charge on any atom is 0.228 e. The Labute approximate surface area is 140 Å². The van der Waals surface area contributed by atoms with Gasteiger partial charge in [-0.2, -0.15) is 10.2 Å². The van der Waals surface area contributed by atoms with Gasteiger partial charge in [0.15, 0.2) is 5.82 Å². The van der Waals surface area contributed by atoms with Crippen molar-refractivity contribution in [1.29, 1.82) is 0 Å². The summed E-state index contributed by atoms with van der Waals surface area (Å²) in [6.45, 7) is 1.61. The number of hydrogen-bond acceptors (Lipinski definition) is 4. The molecule has 2 saturated carbocycles. The zero-order valence-corrected chi connectivity index (χ0v) is 13.6. The van der Waals surface area contributed by atoms with Crippen LogP contribution >= 0.6 is 0 Å². The number of carbonyl (C=O) groups excluding carboxylic acids is 1. The van der Waals surface area contributed by atoms with E-state index in [0.29, 0.717) is 24.2 Å². The van der Waals surface area contributed by atoms with Crippen LogP contribution in [0.4, 0.5) is 0 Å². The van der Waals surface area contributed by atoms with Crippen molar-refractivity contribution in [2.75, 3.05) is 13.1 Å². The molecule has 3 fully saturated rings. The van der Waals surface area contributed by atoms with Crippen LogP contribution in [-0.2, 0) is 11.2 Å². The van der Waals surface area contributed by atoms with Gasteiger partial charge in [-0.3, -0.25) is 15.0 Å². The molecule has 0 aromatic carbocycles. The normalized spacial score (nSPS) is 26.9. The fourth-order valence-electron chi connectivity index (χ4n) is 3.96. The molecule has 126 valence electrons. The fourth-order valence-corrected chi connectivity index (χ4v) is 3.96. The van der Waals surface area contributed by atoms with E-state index in [-0.39, 0.29) is 5.91 Å². The summed E-state index contributed by atoms with van der Waals surface area (Å²) >= 11 is 0. The number of hydrogen-bond donors (Lipinski definition) is 2. The number of likely N-dealkylation sites (tertiary alicyclic amines) is 1. The van der Waals surface area contributed by atoms with Gasteiger partial charge in [-0.25, -0.2) is 4.98 Å². The van der Waals surface area contributed by atoms with Gasteiger partial charge in [0.05, 0.1) is 6.42 Å². The summed E-state index contributed by atoms with van der Waals surface area (Å²) in [5.41, 5.74) is 0.877. The smallest absolute Gasteiger partial charge is 0.228 e. The minimum Gasteiger partial charge on any atom is -0.341 e. The van der Waals surface area contributed by atoms with Crippen LogP contribution in [0.15, 0.2) is 12.3 Å². The van der Waals surface area contributed by atoms with Crippen LogP contribution in [0.2, 0.25) is 0 Å². The van der Waals surface area contributed by atoms with E-state index >= 15 is 0 Å². The Balaban J connectivity index is 1.33. The number of aromatic amines is 2. The molecule has 2 aliphatic carbocycles. The third kappa shape index (κ3) is 2.61. The molecule has 3 heterocycles. The lowest BCUT2D eigenvalue weighted by molar-refractivity contribution is -0.129. The lowest BCUT2D eigenvalue weighted by Crippen LogP contribution is -2.30. The average molecular weight is 326 g/mol. The molecule has 2 N–H and O–H groups in total. The number of H-pyrrole nitrogens is 2. The molecular weight excluding hydrogens is 304 g/mol. The Kier molecular flexibility index (Phi) is 3.21. The molecular formula is C17H22N6O. The molecule has 2 aromatic heterocycles. The maximum atomic E-state index is 12.6. The Morgan fingerprint density at radius 1 is 1.21 bits per heavy atom. The highest BCUT2D eigenvalue weighted by Gasteiger charge is 2.45. The molecule has 5 rings (SSSR count). The van der Waals surface area contributed by atoms with Gasteiger partial charge in [0.1, 0.15) is 5.82 Å². The highest BCUT2D eigenvalue weighted by atomic mass is 16.2. The second kappa shape index (κ2) is 5.43. The molecule has 0 unspecified atom stereocenters. The highest BCUT2D eigenvalue weighted by Crippen LogP contribution is 2.47. The summed E-state index contributed by atoms with van der Waals surface area (Å²) in [7, 11) is 0. The number of carbonyl (C=O) groups is 1. The number of aromatic nitrogens is 5. The van der Waals surface area contributed by atoms with Gasteiger partial charge < -0.3 is 4.90 Å². The van der Waals surface area contributed by atoms with Gasteiger partial charge in [0.2, 0.25) is 5.91 Å². The molecule has 0 radical (unpaired) electrons.